The van der Waals surface area contributed by atoms with E-state index in [-0.39, 0.29) is 36.6 Å². The van der Waals surface area contributed by atoms with Crippen molar-refractivity contribution in [3.05, 3.63) is 106 Å². The predicted octanol–water partition coefficient (Wildman–Crippen LogP) is 5.15. The third-order valence-corrected chi connectivity index (χ3v) is 5.81. The van der Waals surface area contributed by atoms with E-state index < -0.39 is 6.04 Å². The highest BCUT2D eigenvalue weighted by Gasteiger charge is 2.31. The molecular formula is C29H33FN2O2. The van der Waals surface area contributed by atoms with Crippen LogP contribution in [-0.2, 0) is 29.0 Å². The Bertz CT molecular complexity index is 1110. The first-order valence-corrected chi connectivity index (χ1v) is 11.7. The number of hydrogen-bond acceptors (Lipinski definition) is 2. The summed E-state index contributed by atoms with van der Waals surface area (Å²) in [5.74, 6) is -0.677. The molecule has 5 heteroatoms. The van der Waals surface area contributed by atoms with Gasteiger partial charge in [0.15, 0.2) is 0 Å². The summed E-state index contributed by atoms with van der Waals surface area (Å²) in [5.41, 5.74) is 4.79. The van der Waals surface area contributed by atoms with Crippen molar-refractivity contribution in [1.29, 1.82) is 0 Å². The average molecular weight is 461 g/mol. The molecule has 0 aromatic heterocycles. The van der Waals surface area contributed by atoms with Gasteiger partial charge in [-0.25, -0.2) is 4.39 Å². The van der Waals surface area contributed by atoms with E-state index in [0.29, 0.717) is 6.42 Å². The summed E-state index contributed by atoms with van der Waals surface area (Å²) in [4.78, 5) is 28.7. The highest BCUT2D eigenvalue weighted by Crippen LogP contribution is 2.19. The summed E-state index contributed by atoms with van der Waals surface area (Å²) in [6.45, 7) is 8.00. The molecular weight excluding hydrogens is 427 g/mol. The first-order chi connectivity index (χ1) is 16.2. The van der Waals surface area contributed by atoms with Crippen LogP contribution in [-0.4, -0.2) is 28.8 Å². The molecule has 0 aliphatic heterocycles. The van der Waals surface area contributed by atoms with Gasteiger partial charge in [0.05, 0.1) is 6.42 Å². The normalized spacial score (nSPS) is 11.8. The second-order valence-corrected chi connectivity index (χ2v) is 9.12. The van der Waals surface area contributed by atoms with Gasteiger partial charge in [-0.3, -0.25) is 9.59 Å². The molecule has 0 bridgehead atoms. The van der Waals surface area contributed by atoms with Gasteiger partial charge in [-0.15, -0.1) is 0 Å². The molecule has 3 aromatic rings. The maximum absolute atomic E-state index is 13.7. The number of nitrogens with one attached hydrogen (secondary N) is 1. The molecule has 0 radical (unpaired) electrons. The summed E-state index contributed by atoms with van der Waals surface area (Å²) in [6.07, 6.45) is 0.577. The fourth-order valence-corrected chi connectivity index (χ4v) is 3.98. The largest absolute Gasteiger partial charge is 0.352 e. The van der Waals surface area contributed by atoms with Gasteiger partial charge >= 0.3 is 0 Å². The van der Waals surface area contributed by atoms with Gasteiger partial charge in [-0.1, -0.05) is 66.2 Å². The van der Waals surface area contributed by atoms with Crippen LogP contribution >= 0.6 is 0 Å². The maximum atomic E-state index is 13.7. The SMILES string of the molecule is Cc1ccc(C)c(CC(=O)N(Cc2ccc(F)cc2)[C@H](Cc2ccccc2)C(=O)NC(C)C)c1. The molecule has 0 aliphatic rings. The summed E-state index contributed by atoms with van der Waals surface area (Å²) in [5, 5.41) is 2.98. The summed E-state index contributed by atoms with van der Waals surface area (Å²) < 4.78 is 13.5. The van der Waals surface area contributed by atoms with E-state index in [4.69, 9.17) is 0 Å². The van der Waals surface area contributed by atoms with Gasteiger partial charge in [0.2, 0.25) is 11.8 Å². The molecule has 1 atom stereocenters. The van der Waals surface area contributed by atoms with Crippen LogP contribution in [0, 0.1) is 19.7 Å². The van der Waals surface area contributed by atoms with E-state index in [1.54, 1.807) is 17.0 Å². The molecule has 0 saturated carbocycles. The predicted molar refractivity (Wildman–Crippen MR) is 134 cm³/mol. The lowest BCUT2D eigenvalue weighted by Crippen LogP contribution is -2.52. The number of nitrogens with zero attached hydrogens (tertiary/aromatic N) is 1. The molecule has 34 heavy (non-hydrogen) atoms. The standard InChI is InChI=1S/C29H33FN2O2/c1-20(2)31-29(34)27(17-23-8-6-5-7-9-23)32(19-24-12-14-26(30)15-13-24)28(33)18-25-16-21(3)10-11-22(25)4/h5-16,20,27H,17-19H2,1-4H3,(H,31,34)/t27-/m1/s1. The highest BCUT2D eigenvalue weighted by molar-refractivity contribution is 5.89. The molecule has 178 valence electrons. The molecule has 3 aromatic carbocycles. The molecule has 0 fully saturated rings. The molecule has 0 aliphatic carbocycles. The van der Waals surface area contributed by atoms with E-state index in [1.165, 1.54) is 12.1 Å². The number of benzene rings is 3. The molecule has 3 rings (SSSR count). The van der Waals surface area contributed by atoms with Crippen molar-refractivity contribution in [3.63, 3.8) is 0 Å². The van der Waals surface area contributed by atoms with Gasteiger partial charge in [-0.2, -0.15) is 0 Å². The fraction of sp³-hybridized carbons (Fsp3) is 0.310. The molecule has 1 N–H and O–H groups in total. The molecule has 2 amide bonds. The fourth-order valence-electron chi connectivity index (χ4n) is 3.98. The lowest BCUT2D eigenvalue weighted by Gasteiger charge is -2.32. The van der Waals surface area contributed by atoms with Crippen molar-refractivity contribution in [3.8, 4) is 0 Å². The van der Waals surface area contributed by atoms with E-state index in [9.17, 15) is 14.0 Å². The molecule has 4 nitrogen and oxygen atoms in total. The Kier molecular flexibility index (Phi) is 8.58. The van der Waals surface area contributed by atoms with Crippen LogP contribution in [0.25, 0.3) is 0 Å². The van der Waals surface area contributed by atoms with E-state index in [0.717, 1.165) is 27.8 Å². The number of carbonyl (C=O) groups excluding carboxylic acids is 2. The second-order valence-electron chi connectivity index (χ2n) is 9.12. The quantitative estimate of drug-likeness (QED) is 0.480. The summed E-state index contributed by atoms with van der Waals surface area (Å²) in [7, 11) is 0. The maximum Gasteiger partial charge on any atom is 0.243 e. The monoisotopic (exact) mass is 460 g/mol. The zero-order valence-electron chi connectivity index (χ0n) is 20.3. The van der Waals surface area contributed by atoms with Crippen LogP contribution in [0.2, 0.25) is 0 Å². The van der Waals surface area contributed by atoms with E-state index in [2.05, 4.69) is 5.32 Å². The topological polar surface area (TPSA) is 49.4 Å². The van der Waals surface area contributed by atoms with Crippen molar-refractivity contribution in [2.75, 3.05) is 0 Å². The Morgan fingerprint density at radius 2 is 1.59 bits per heavy atom. The van der Waals surface area contributed by atoms with Gasteiger partial charge in [0.1, 0.15) is 11.9 Å². The van der Waals surface area contributed by atoms with Crippen molar-refractivity contribution < 1.29 is 14.0 Å². The van der Waals surface area contributed by atoms with Crippen LogP contribution < -0.4 is 5.32 Å². The Labute approximate surface area is 201 Å². The number of amides is 2. The zero-order valence-corrected chi connectivity index (χ0v) is 20.3. The van der Waals surface area contributed by atoms with Crippen LogP contribution in [0.1, 0.15) is 41.7 Å². The summed E-state index contributed by atoms with van der Waals surface area (Å²) in [6, 6.07) is 21.1. The Balaban J connectivity index is 1.99. The number of aryl methyl sites for hydroxylation is 2. The van der Waals surface area contributed by atoms with Gasteiger partial charge in [0.25, 0.3) is 0 Å². The van der Waals surface area contributed by atoms with Crippen LogP contribution in [0.5, 0.6) is 0 Å². The van der Waals surface area contributed by atoms with Crippen LogP contribution in [0.15, 0.2) is 72.8 Å². The summed E-state index contributed by atoms with van der Waals surface area (Å²) >= 11 is 0. The molecule has 0 saturated heterocycles. The molecule has 0 heterocycles. The second kappa shape index (κ2) is 11.6. The van der Waals surface area contributed by atoms with Crippen molar-refractivity contribution in [2.24, 2.45) is 0 Å². The average Bonchev–Trinajstić information content (AvgIpc) is 2.80. The highest BCUT2D eigenvalue weighted by atomic mass is 19.1. The first kappa shape index (κ1) is 25.2. The number of halogens is 1. The molecule has 0 spiro atoms. The number of rotatable bonds is 9. The van der Waals surface area contributed by atoms with E-state index >= 15 is 0 Å². The smallest absolute Gasteiger partial charge is 0.243 e. The number of hydrogen-bond donors (Lipinski definition) is 1. The molecule has 0 unspecified atom stereocenters. The number of carbonyl (C=O) groups is 2. The van der Waals surface area contributed by atoms with Crippen LogP contribution in [0.3, 0.4) is 0 Å². The third kappa shape index (κ3) is 7.01. The van der Waals surface area contributed by atoms with E-state index in [1.807, 2.05) is 76.2 Å². The minimum absolute atomic E-state index is 0.0624. The van der Waals surface area contributed by atoms with Gasteiger partial charge < -0.3 is 10.2 Å². The van der Waals surface area contributed by atoms with Gasteiger partial charge in [-0.05, 0) is 62.1 Å². The lowest BCUT2D eigenvalue weighted by atomic mass is 9.99. The van der Waals surface area contributed by atoms with Gasteiger partial charge in [0, 0.05) is 19.0 Å². The van der Waals surface area contributed by atoms with Crippen molar-refractivity contribution in [2.45, 2.75) is 59.2 Å². The minimum Gasteiger partial charge on any atom is -0.352 e. The van der Waals surface area contributed by atoms with Crippen LogP contribution in [0.4, 0.5) is 4.39 Å². The first-order valence-electron chi connectivity index (χ1n) is 11.7. The lowest BCUT2D eigenvalue weighted by molar-refractivity contribution is -0.141. The van der Waals surface area contributed by atoms with Crippen molar-refractivity contribution >= 4 is 11.8 Å². The zero-order chi connectivity index (χ0) is 24.7. The third-order valence-electron chi connectivity index (χ3n) is 5.81. The van der Waals surface area contributed by atoms with Crippen molar-refractivity contribution in [1.82, 2.24) is 10.2 Å². The Morgan fingerprint density at radius 1 is 0.912 bits per heavy atom. The Morgan fingerprint density at radius 3 is 2.24 bits per heavy atom. The minimum atomic E-state index is -0.701. The Hall–Kier alpha value is -3.47.